The molecule has 1 heterocycles. The third-order valence-electron chi connectivity index (χ3n) is 4.64. The number of piperidine rings is 1. The normalized spacial score (nSPS) is 28.3. The molecule has 128 valence electrons. The van der Waals surface area contributed by atoms with Crippen molar-refractivity contribution in [2.75, 3.05) is 12.9 Å². The summed E-state index contributed by atoms with van der Waals surface area (Å²) < 4.78 is 69.0. The monoisotopic (exact) mass is 349 g/mol. The number of rotatable bonds is 4. The molecule has 0 radical (unpaired) electrons. The maximum absolute atomic E-state index is 12.7. The van der Waals surface area contributed by atoms with E-state index in [0.29, 0.717) is 0 Å². The summed E-state index contributed by atoms with van der Waals surface area (Å²) in [5, 5.41) is 0. The van der Waals surface area contributed by atoms with Gasteiger partial charge >= 0.3 is 6.18 Å². The molecular weight excluding hydrogens is 331 g/mol. The third-order valence-corrected chi connectivity index (χ3v) is 5.98. The zero-order valence-corrected chi connectivity index (χ0v) is 13.4. The Morgan fingerprint density at radius 2 is 2.04 bits per heavy atom. The van der Waals surface area contributed by atoms with Crippen LogP contribution in [0.5, 0.6) is 5.75 Å². The van der Waals surface area contributed by atoms with E-state index >= 15 is 0 Å². The Kier molecular flexibility index (Phi) is 4.08. The lowest BCUT2D eigenvalue weighted by atomic mass is 10.0. The zero-order valence-electron chi connectivity index (χ0n) is 12.6. The minimum Gasteiger partial charge on any atom is -0.492 e. The van der Waals surface area contributed by atoms with Gasteiger partial charge in [-0.05, 0) is 43.4 Å². The van der Waals surface area contributed by atoms with Crippen molar-refractivity contribution in [3.63, 3.8) is 0 Å². The van der Waals surface area contributed by atoms with E-state index in [1.807, 2.05) is 0 Å². The van der Waals surface area contributed by atoms with Crippen molar-refractivity contribution in [1.29, 1.82) is 0 Å². The predicted octanol–water partition coefficient (Wildman–Crippen LogP) is 2.90. The number of benzene rings is 1. The van der Waals surface area contributed by atoms with E-state index in [1.54, 1.807) is 0 Å². The van der Waals surface area contributed by atoms with Crippen molar-refractivity contribution in [3.8, 4) is 5.75 Å². The van der Waals surface area contributed by atoms with E-state index < -0.39 is 21.8 Å². The van der Waals surface area contributed by atoms with Crippen molar-refractivity contribution in [2.24, 2.45) is 5.92 Å². The predicted molar refractivity (Wildman–Crippen MR) is 78.5 cm³/mol. The quantitative estimate of drug-likeness (QED) is 0.840. The van der Waals surface area contributed by atoms with Gasteiger partial charge in [0.05, 0.1) is 17.9 Å². The number of alkyl halides is 3. The molecule has 0 spiro atoms. The lowest BCUT2D eigenvalue weighted by Crippen LogP contribution is -2.47. The lowest BCUT2D eigenvalue weighted by molar-refractivity contribution is -0.137. The van der Waals surface area contributed by atoms with E-state index in [9.17, 15) is 21.6 Å². The van der Waals surface area contributed by atoms with Crippen LogP contribution in [0.25, 0.3) is 0 Å². The van der Waals surface area contributed by atoms with Gasteiger partial charge in [-0.3, -0.25) is 0 Å². The summed E-state index contributed by atoms with van der Waals surface area (Å²) in [5.74, 6) is 0.330. The molecule has 2 unspecified atom stereocenters. The second-order valence-electron chi connectivity index (χ2n) is 6.22. The first-order valence-electron chi connectivity index (χ1n) is 7.45. The molecule has 0 amide bonds. The number of sulfonamides is 1. The molecule has 23 heavy (non-hydrogen) atoms. The number of nitrogens with zero attached hydrogens (tertiary/aromatic N) is 1. The minimum atomic E-state index is -4.43. The summed E-state index contributed by atoms with van der Waals surface area (Å²) in [7, 11) is -3.35. The van der Waals surface area contributed by atoms with Crippen molar-refractivity contribution in [2.45, 2.75) is 37.5 Å². The fourth-order valence-corrected chi connectivity index (χ4v) is 5.18. The Bertz CT molecular complexity index is 689. The molecule has 0 N–H and O–H groups in total. The Labute approximate surface area is 133 Å². The van der Waals surface area contributed by atoms with Gasteiger partial charge in [-0.2, -0.15) is 17.5 Å². The molecule has 8 heteroatoms. The van der Waals surface area contributed by atoms with Crippen molar-refractivity contribution < 1.29 is 26.3 Å². The first-order chi connectivity index (χ1) is 10.7. The summed E-state index contributed by atoms with van der Waals surface area (Å²) in [6.07, 6.45) is -0.662. The molecule has 0 aromatic heterocycles. The van der Waals surface area contributed by atoms with E-state index in [0.717, 1.165) is 31.4 Å². The maximum Gasteiger partial charge on any atom is 0.416 e. The number of hydrogen-bond acceptors (Lipinski definition) is 3. The molecule has 2 bridgehead atoms. The highest BCUT2D eigenvalue weighted by atomic mass is 32.2. The van der Waals surface area contributed by atoms with Crippen LogP contribution in [0.3, 0.4) is 0 Å². The fraction of sp³-hybridized carbons (Fsp3) is 0.600. The smallest absolute Gasteiger partial charge is 0.416 e. The van der Waals surface area contributed by atoms with Gasteiger partial charge < -0.3 is 4.74 Å². The lowest BCUT2D eigenvalue weighted by Gasteiger charge is -2.33. The van der Waals surface area contributed by atoms with Gasteiger partial charge in [-0.1, -0.05) is 6.07 Å². The summed E-state index contributed by atoms with van der Waals surface area (Å²) in [6.45, 7) is 0.0789. The topological polar surface area (TPSA) is 46.6 Å². The van der Waals surface area contributed by atoms with Gasteiger partial charge in [0, 0.05) is 6.04 Å². The Morgan fingerprint density at radius 3 is 2.70 bits per heavy atom. The van der Waals surface area contributed by atoms with Gasteiger partial charge in [0.1, 0.15) is 12.4 Å². The molecular formula is C15H18F3NO3S. The summed E-state index contributed by atoms with van der Waals surface area (Å²) in [6, 6.07) is 4.37. The maximum atomic E-state index is 12.7. The summed E-state index contributed by atoms with van der Waals surface area (Å²) in [4.78, 5) is 0. The van der Waals surface area contributed by atoms with Crippen molar-refractivity contribution in [1.82, 2.24) is 4.31 Å². The molecule has 1 aliphatic heterocycles. The van der Waals surface area contributed by atoms with Crippen LogP contribution in [0, 0.1) is 5.92 Å². The fourth-order valence-electron chi connectivity index (χ4n) is 3.72. The molecule has 3 rings (SSSR count). The van der Waals surface area contributed by atoms with Gasteiger partial charge in [0.15, 0.2) is 0 Å². The zero-order chi connectivity index (χ0) is 16.8. The molecule has 2 aliphatic rings. The molecule has 1 aromatic rings. The highest BCUT2D eigenvalue weighted by molar-refractivity contribution is 7.88. The van der Waals surface area contributed by atoms with E-state index in [-0.39, 0.29) is 30.4 Å². The van der Waals surface area contributed by atoms with Crippen LogP contribution in [0.1, 0.15) is 24.8 Å². The first-order valence-corrected chi connectivity index (χ1v) is 9.29. The second-order valence-corrected chi connectivity index (χ2v) is 8.11. The highest BCUT2D eigenvalue weighted by Gasteiger charge is 2.50. The first kappa shape index (κ1) is 16.6. The van der Waals surface area contributed by atoms with Crippen molar-refractivity contribution in [3.05, 3.63) is 29.8 Å². The molecule has 1 saturated carbocycles. The van der Waals surface area contributed by atoms with Crippen LogP contribution in [0.4, 0.5) is 13.2 Å². The molecule has 1 saturated heterocycles. The van der Waals surface area contributed by atoms with Crippen molar-refractivity contribution >= 4 is 10.0 Å². The number of ether oxygens (including phenoxy) is 1. The number of halogens is 3. The van der Waals surface area contributed by atoms with E-state index in [4.69, 9.17) is 4.74 Å². The molecule has 1 aliphatic carbocycles. The second kappa shape index (κ2) is 5.66. The van der Waals surface area contributed by atoms with Crippen LogP contribution < -0.4 is 4.74 Å². The van der Waals surface area contributed by atoms with Gasteiger partial charge in [0.25, 0.3) is 0 Å². The van der Waals surface area contributed by atoms with E-state index in [1.165, 1.54) is 22.7 Å². The van der Waals surface area contributed by atoms with Crippen LogP contribution in [0.2, 0.25) is 0 Å². The van der Waals surface area contributed by atoms with Crippen LogP contribution in [-0.2, 0) is 16.2 Å². The average molecular weight is 349 g/mol. The van der Waals surface area contributed by atoms with E-state index in [2.05, 4.69) is 0 Å². The average Bonchev–Trinajstić information content (AvgIpc) is 3.04. The summed E-state index contributed by atoms with van der Waals surface area (Å²) >= 11 is 0. The van der Waals surface area contributed by atoms with Gasteiger partial charge in [0.2, 0.25) is 10.0 Å². The molecule has 4 nitrogen and oxygen atoms in total. The van der Waals surface area contributed by atoms with Crippen LogP contribution in [-0.4, -0.2) is 37.7 Å². The minimum absolute atomic E-state index is 0.00473. The largest absolute Gasteiger partial charge is 0.492 e. The Morgan fingerprint density at radius 1 is 1.30 bits per heavy atom. The highest BCUT2D eigenvalue weighted by Crippen LogP contribution is 2.44. The van der Waals surface area contributed by atoms with Crippen LogP contribution >= 0.6 is 0 Å². The van der Waals surface area contributed by atoms with Gasteiger partial charge in [-0.15, -0.1) is 0 Å². The number of hydrogen-bond donors (Lipinski definition) is 0. The Hall–Kier alpha value is -1.28. The standard InChI is InChI=1S/C15H18F3NO3S/c1-23(20,21)19-12-6-5-10(7-12)14(19)9-22-13-4-2-3-11(8-13)15(16,17)18/h2-4,8,10,12,14H,5-7,9H2,1H3/t10?,12?,14-/m1/s1. The third kappa shape index (κ3) is 3.33. The SMILES string of the molecule is CS(=O)(=O)N1C2CCC(C2)[C@H]1COc1cccc(C(F)(F)F)c1. The summed E-state index contributed by atoms with van der Waals surface area (Å²) in [5.41, 5.74) is -0.775. The molecule has 3 atom stereocenters. The number of fused-ring (bicyclic) bond motifs is 2. The molecule has 1 aromatic carbocycles. The van der Waals surface area contributed by atoms with Crippen LogP contribution in [0.15, 0.2) is 24.3 Å². The van der Waals surface area contributed by atoms with Gasteiger partial charge in [-0.25, -0.2) is 8.42 Å². The molecule has 2 fully saturated rings. The Balaban J connectivity index is 1.73.